The predicted molar refractivity (Wildman–Crippen MR) is 119 cm³/mol. The maximum atomic E-state index is 12.4. The number of carbonyl (C=O) groups excluding carboxylic acids is 2. The number of benzene rings is 2. The third-order valence-corrected chi connectivity index (χ3v) is 6.98. The number of hydrogen-bond acceptors (Lipinski definition) is 6. The molecule has 6 nitrogen and oxygen atoms in total. The first-order valence-electron chi connectivity index (χ1n) is 9.44. The Labute approximate surface area is 177 Å². The molecule has 1 aliphatic rings. The fraction of sp³-hybridized carbons (Fsp3) is 0.286. The third-order valence-electron chi connectivity index (χ3n) is 4.84. The highest BCUT2D eigenvalue weighted by atomic mass is 32.2. The molecule has 0 atom stereocenters. The number of hydrogen-bond donors (Lipinski definition) is 1. The molecule has 8 heteroatoms. The zero-order valence-electron chi connectivity index (χ0n) is 16.1. The molecule has 2 aromatic carbocycles. The molecule has 1 fully saturated rings. The Bertz CT molecular complexity index is 1010. The highest BCUT2D eigenvalue weighted by Gasteiger charge is 2.19. The first-order valence-corrected chi connectivity index (χ1v) is 11.2. The fourth-order valence-corrected chi connectivity index (χ4v) is 5.12. The number of piperazine rings is 1. The number of aromatic nitrogens is 1. The zero-order valence-corrected chi connectivity index (χ0v) is 17.8. The number of thiazole rings is 1. The number of anilines is 1. The summed E-state index contributed by atoms with van der Waals surface area (Å²) in [6.45, 7) is 3.43. The largest absolute Gasteiger partial charge is 0.339 e. The van der Waals surface area contributed by atoms with Crippen LogP contribution >= 0.6 is 23.1 Å². The molecule has 29 heavy (non-hydrogen) atoms. The molecule has 4 rings (SSSR count). The van der Waals surface area contributed by atoms with Gasteiger partial charge in [-0.2, -0.15) is 0 Å². The molecule has 0 saturated carbocycles. The Hall–Kier alpha value is -2.42. The molecule has 0 aliphatic carbocycles. The third kappa shape index (κ3) is 4.95. The first-order chi connectivity index (χ1) is 14.1. The molecule has 1 aliphatic heterocycles. The van der Waals surface area contributed by atoms with Gasteiger partial charge in [-0.25, -0.2) is 4.98 Å². The van der Waals surface area contributed by atoms with Gasteiger partial charge in [-0.1, -0.05) is 30.0 Å². The van der Waals surface area contributed by atoms with Gasteiger partial charge in [0.25, 0.3) is 5.91 Å². The van der Waals surface area contributed by atoms with Crippen molar-refractivity contribution in [3.05, 3.63) is 54.1 Å². The molecule has 150 valence electrons. The van der Waals surface area contributed by atoms with E-state index in [0.29, 0.717) is 11.3 Å². The summed E-state index contributed by atoms with van der Waals surface area (Å²) in [5.41, 5.74) is 2.23. The van der Waals surface area contributed by atoms with Crippen molar-refractivity contribution in [2.45, 2.75) is 4.34 Å². The molecular weight excluding hydrogens is 404 g/mol. The summed E-state index contributed by atoms with van der Waals surface area (Å²) >= 11 is 3.03. The molecule has 3 aromatic rings. The molecule has 1 saturated heterocycles. The zero-order chi connectivity index (χ0) is 20.2. The highest BCUT2D eigenvalue weighted by molar-refractivity contribution is 8.01. The molecular formula is C21H22N4O2S2. The minimum atomic E-state index is -0.137. The molecule has 0 bridgehead atoms. The van der Waals surface area contributed by atoms with Crippen molar-refractivity contribution in [2.24, 2.45) is 0 Å². The Kier molecular flexibility index (Phi) is 6.13. The second kappa shape index (κ2) is 8.94. The number of carbonyl (C=O) groups is 2. The van der Waals surface area contributed by atoms with Gasteiger partial charge in [-0.15, -0.1) is 11.3 Å². The Morgan fingerprint density at radius 1 is 1.10 bits per heavy atom. The Balaban J connectivity index is 1.38. The first kappa shape index (κ1) is 19.9. The average Bonchev–Trinajstić information content (AvgIpc) is 3.15. The van der Waals surface area contributed by atoms with Crippen LogP contribution in [0, 0.1) is 0 Å². The number of fused-ring (bicyclic) bond motifs is 1. The molecule has 2 heterocycles. The topological polar surface area (TPSA) is 65.5 Å². The van der Waals surface area contributed by atoms with Crippen LogP contribution in [-0.4, -0.2) is 65.6 Å². The van der Waals surface area contributed by atoms with E-state index in [4.69, 9.17) is 0 Å². The van der Waals surface area contributed by atoms with Crippen molar-refractivity contribution in [2.75, 3.05) is 44.3 Å². The van der Waals surface area contributed by atoms with Gasteiger partial charge in [0.2, 0.25) is 5.91 Å². The van der Waals surface area contributed by atoms with Crippen LogP contribution in [0.3, 0.4) is 0 Å². The molecule has 1 N–H and O–H groups in total. The number of likely N-dealkylation sites (N-methyl/N-ethyl adjacent to an activating group) is 1. The van der Waals surface area contributed by atoms with Crippen LogP contribution in [0.5, 0.6) is 0 Å². The van der Waals surface area contributed by atoms with E-state index in [2.05, 4.69) is 22.2 Å². The lowest BCUT2D eigenvalue weighted by Crippen LogP contribution is -2.47. The SMILES string of the molecule is CN1CCN(C(=O)CSc2nc3ccc(NC(=O)c4ccccc4)cc3s2)CC1. The van der Waals surface area contributed by atoms with E-state index in [1.807, 2.05) is 41.3 Å². The highest BCUT2D eigenvalue weighted by Crippen LogP contribution is 2.31. The van der Waals surface area contributed by atoms with E-state index in [9.17, 15) is 9.59 Å². The van der Waals surface area contributed by atoms with Gasteiger partial charge in [0, 0.05) is 37.4 Å². The summed E-state index contributed by atoms with van der Waals surface area (Å²) in [5.74, 6) is 0.432. The molecule has 2 amide bonds. The van der Waals surface area contributed by atoms with Crippen molar-refractivity contribution in [1.82, 2.24) is 14.8 Å². The second-order valence-corrected chi connectivity index (χ2v) is 9.21. The van der Waals surface area contributed by atoms with Crippen LogP contribution in [0.25, 0.3) is 10.2 Å². The van der Waals surface area contributed by atoms with Crippen LogP contribution in [0.1, 0.15) is 10.4 Å². The minimum absolute atomic E-state index is 0.137. The maximum Gasteiger partial charge on any atom is 0.255 e. The van der Waals surface area contributed by atoms with Crippen LogP contribution in [0.2, 0.25) is 0 Å². The Morgan fingerprint density at radius 2 is 1.86 bits per heavy atom. The number of amides is 2. The van der Waals surface area contributed by atoms with Gasteiger partial charge >= 0.3 is 0 Å². The van der Waals surface area contributed by atoms with Crippen LogP contribution < -0.4 is 5.32 Å². The fourth-order valence-electron chi connectivity index (χ4n) is 3.11. The van der Waals surface area contributed by atoms with Crippen molar-refractivity contribution in [3.8, 4) is 0 Å². The lowest BCUT2D eigenvalue weighted by molar-refractivity contribution is -0.129. The summed E-state index contributed by atoms with van der Waals surface area (Å²) in [7, 11) is 2.08. The lowest BCUT2D eigenvalue weighted by atomic mass is 10.2. The van der Waals surface area contributed by atoms with E-state index in [1.54, 1.807) is 23.5 Å². The number of rotatable bonds is 5. The predicted octanol–water partition coefficient (Wildman–Crippen LogP) is 3.41. The Morgan fingerprint density at radius 3 is 2.62 bits per heavy atom. The van der Waals surface area contributed by atoms with Crippen molar-refractivity contribution in [1.29, 1.82) is 0 Å². The number of thioether (sulfide) groups is 1. The average molecular weight is 427 g/mol. The van der Waals surface area contributed by atoms with Crippen molar-refractivity contribution < 1.29 is 9.59 Å². The maximum absolute atomic E-state index is 12.4. The van der Waals surface area contributed by atoms with Gasteiger partial charge in [-0.3, -0.25) is 9.59 Å². The summed E-state index contributed by atoms with van der Waals surface area (Å²) in [5, 5.41) is 2.92. The van der Waals surface area contributed by atoms with Gasteiger partial charge in [0.1, 0.15) is 0 Å². The van der Waals surface area contributed by atoms with Gasteiger partial charge in [-0.05, 0) is 37.4 Å². The molecule has 0 spiro atoms. The summed E-state index contributed by atoms with van der Waals surface area (Å²) in [6.07, 6.45) is 0. The van der Waals surface area contributed by atoms with Crippen LogP contribution in [0.15, 0.2) is 52.9 Å². The summed E-state index contributed by atoms with van der Waals surface area (Å²) < 4.78 is 1.86. The minimum Gasteiger partial charge on any atom is -0.339 e. The van der Waals surface area contributed by atoms with Crippen molar-refractivity contribution >= 4 is 50.8 Å². The second-order valence-electron chi connectivity index (χ2n) is 6.96. The number of nitrogens with one attached hydrogen (secondary N) is 1. The number of nitrogens with zero attached hydrogens (tertiary/aromatic N) is 3. The summed E-state index contributed by atoms with van der Waals surface area (Å²) in [6, 6.07) is 14.8. The van der Waals surface area contributed by atoms with Gasteiger partial charge in [0.05, 0.1) is 16.0 Å². The van der Waals surface area contributed by atoms with E-state index in [-0.39, 0.29) is 11.8 Å². The normalized spacial score (nSPS) is 14.9. The monoisotopic (exact) mass is 426 g/mol. The molecule has 1 aromatic heterocycles. The molecule has 0 unspecified atom stereocenters. The summed E-state index contributed by atoms with van der Waals surface area (Å²) in [4.78, 5) is 33.5. The van der Waals surface area contributed by atoms with Crippen LogP contribution in [0.4, 0.5) is 5.69 Å². The van der Waals surface area contributed by atoms with E-state index in [1.165, 1.54) is 11.8 Å². The van der Waals surface area contributed by atoms with Gasteiger partial charge in [0.15, 0.2) is 4.34 Å². The van der Waals surface area contributed by atoms with Gasteiger partial charge < -0.3 is 15.1 Å². The van der Waals surface area contributed by atoms with E-state index < -0.39 is 0 Å². The molecule has 0 radical (unpaired) electrons. The van der Waals surface area contributed by atoms with Crippen molar-refractivity contribution in [3.63, 3.8) is 0 Å². The smallest absolute Gasteiger partial charge is 0.255 e. The lowest BCUT2D eigenvalue weighted by Gasteiger charge is -2.32. The van der Waals surface area contributed by atoms with Crippen LogP contribution in [-0.2, 0) is 4.79 Å². The quantitative estimate of drug-likeness (QED) is 0.634. The van der Waals surface area contributed by atoms with E-state index >= 15 is 0 Å². The van der Waals surface area contributed by atoms with E-state index in [0.717, 1.165) is 46.4 Å². The standard InChI is InChI=1S/C21H22N4O2S2/c1-24-9-11-25(12-10-24)19(26)14-28-21-23-17-8-7-16(13-18(17)29-21)22-20(27)15-5-3-2-4-6-15/h2-8,13H,9-12,14H2,1H3,(H,22,27).